The Morgan fingerprint density at radius 1 is 0.569 bits per heavy atom. The summed E-state index contributed by atoms with van der Waals surface area (Å²) in [6, 6.07) is 13.2. The van der Waals surface area contributed by atoms with Crippen LogP contribution < -0.4 is 42.5 Å². The number of anilines is 5. The van der Waals surface area contributed by atoms with Crippen LogP contribution in [0.5, 0.6) is 0 Å². The summed E-state index contributed by atoms with van der Waals surface area (Å²) in [5.74, 6) is -1.45. The Balaban J connectivity index is 1.16. The number of hydrogen-bond donors (Lipinski definition) is 8. The van der Waals surface area contributed by atoms with Crippen molar-refractivity contribution in [1.29, 1.82) is 5.41 Å². The first kappa shape index (κ1) is 42.5. The SMILES string of the molecule is Cn1cc(NC(=O)c2cc(NC(=O)c3cc(NC(=O)c4cc(NC(=O)c5ccc(N(CCCl)CCCl)cc5)cn4C)cn3C)cn2C)cc1C(=O)NCCNC(=N)N. The molecule has 0 aliphatic heterocycles. The molecule has 306 valence electrons. The number of nitrogens with one attached hydrogen (secondary N) is 7. The molecule has 5 rings (SSSR count). The second-order valence-corrected chi connectivity index (χ2v) is 14.0. The van der Waals surface area contributed by atoms with Crippen LogP contribution in [0.4, 0.5) is 28.4 Å². The summed E-state index contributed by atoms with van der Waals surface area (Å²) < 4.78 is 6.25. The lowest BCUT2D eigenvalue weighted by Gasteiger charge is -2.22. The zero-order valence-electron chi connectivity index (χ0n) is 32.3. The molecule has 0 fully saturated rings. The first-order valence-electron chi connectivity index (χ1n) is 17.9. The second-order valence-electron chi connectivity index (χ2n) is 13.2. The monoisotopic (exact) mass is 833 g/mol. The van der Waals surface area contributed by atoms with E-state index in [1.54, 1.807) is 89.4 Å². The molecule has 0 bridgehead atoms. The number of hydrogen-bond acceptors (Lipinski definition) is 7. The third-order valence-electron chi connectivity index (χ3n) is 8.91. The summed E-state index contributed by atoms with van der Waals surface area (Å²) >= 11 is 11.8. The minimum atomic E-state index is -0.486. The Kier molecular flexibility index (Phi) is 13.9. The van der Waals surface area contributed by atoms with Crippen LogP contribution in [0.25, 0.3) is 0 Å². The molecule has 0 spiro atoms. The number of aryl methyl sites for hydroxylation is 4. The zero-order chi connectivity index (χ0) is 42.1. The van der Waals surface area contributed by atoms with Crippen molar-refractivity contribution in [1.82, 2.24) is 28.9 Å². The Labute approximate surface area is 344 Å². The molecule has 0 radical (unpaired) electrons. The minimum absolute atomic E-state index is 0.199. The van der Waals surface area contributed by atoms with Gasteiger partial charge < -0.3 is 60.8 Å². The smallest absolute Gasteiger partial charge is 0.272 e. The largest absolute Gasteiger partial charge is 0.370 e. The number of nitrogens with two attached hydrogens (primary N) is 1. The highest BCUT2D eigenvalue weighted by Crippen LogP contribution is 2.22. The maximum atomic E-state index is 13.3. The lowest BCUT2D eigenvalue weighted by molar-refractivity contribution is 0.0943. The van der Waals surface area contributed by atoms with Gasteiger partial charge in [-0.25, -0.2) is 0 Å². The number of nitrogens with zero attached hydrogens (tertiary/aromatic N) is 5. The molecule has 4 heterocycles. The van der Waals surface area contributed by atoms with E-state index in [1.807, 2.05) is 17.0 Å². The lowest BCUT2D eigenvalue weighted by atomic mass is 10.1. The van der Waals surface area contributed by atoms with Crippen LogP contribution in [0.15, 0.2) is 73.3 Å². The van der Waals surface area contributed by atoms with Gasteiger partial charge in [-0.2, -0.15) is 0 Å². The number of carbonyl (C=O) groups excluding carboxylic acids is 5. The van der Waals surface area contributed by atoms with Crippen LogP contribution in [-0.2, 0) is 28.2 Å². The molecule has 0 unspecified atom stereocenters. The van der Waals surface area contributed by atoms with E-state index >= 15 is 0 Å². The van der Waals surface area contributed by atoms with E-state index in [9.17, 15) is 24.0 Å². The summed E-state index contributed by atoms with van der Waals surface area (Å²) in [5.41, 5.74) is 9.14. The predicted molar refractivity (Wildman–Crippen MR) is 226 cm³/mol. The Bertz CT molecular complexity index is 2320. The molecule has 20 heteroatoms. The average Bonchev–Trinajstić information content (AvgIpc) is 3.94. The van der Waals surface area contributed by atoms with E-state index < -0.39 is 17.7 Å². The molecule has 1 aromatic carbocycles. The number of aromatic nitrogens is 4. The Hall–Kier alpha value is -6.66. The van der Waals surface area contributed by atoms with E-state index in [2.05, 4.69) is 31.9 Å². The van der Waals surface area contributed by atoms with Crippen molar-refractivity contribution < 1.29 is 24.0 Å². The standard InChI is InChI=1S/C38H45Cl2N13O5/c1-49-20-25(15-29(49)34(55)43-11-12-44-38(41)42)46-36(57)31-17-27(22-51(31)3)48-37(58)32-18-26(21-52(32)4)47-35(56)30-16-24(19-50(30)2)45-33(54)23-5-7-28(8-6-23)53(13-9-39)14-10-40/h5-8,15-22H,9-14H2,1-4H3,(H,43,55)(H,45,54)(H,46,57)(H,47,56)(H,48,58)(H4,41,42,44). The van der Waals surface area contributed by atoms with Gasteiger partial charge >= 0.3 is 0 Å². The number of carbonyl (C=O) groups is 5. The number of amides is 5. The molecule has 0 saturated carbocycles. The van der Waals surface area contributed by atoms with Crippen LogP contribution >= 0.6 is 23.2 Å². The molecular weight excluding hydrogens is 789 g/mol. The van der Waals surface area contributed by atoms with Crippen molar-refractivity contribution in [2.24, 2.45) is 33.9 Å². The second kappa shape index (κ2) is 19.0. The van der Waals surface area contributed by atoms with Gasteiger partial charge in [-0.15, -0.1) is 23.2 Å². The molecule has 0 saturated heterocycles. The number of benzene rings is 1. The van der Waals surface area contributed by atoms with Crippen LogP contribution in [0.1, 0.15) is 52.3 Å². The Morgan fingerprint density at radius 3 is 1.28 bits per heavy atom. The van der Waals surface area contributed by atoms with Gasteiger partial charge in [0.05, 0.1) is 22.7 Å². The third kappa shape index (κ3) is 10.6. The molecule has 5 amide bonds. The molecule has 0 atom stereocenters. The molecule has 4 aromatic heterocycles. The van der Waals surface area contributed by atoms with E-state index in [1.165, 1.54) is 18.2 Å². The quantitative estimate of drug-likeness (QED) is 0.0298. The molecule has 18 nitrogen and oxygen atoms in total. The molecule has 0 aliphatic rings. The zero-order valence-corrected chi connectivity index (χ0v) is 33.8. The molecule has 5 aromatic rings. The van der Waals surface area contributed by atoms with Crippen LogP contribution in [0, 0.1) is 5.41 Å². The molecule has 0 aliphatic carbocycles. The summed E-state index contributed by atoms with van der Waals surface area (Å²) in [4.78, 5) is 67.5. The molecule has 9 N–H and O–H groups in total. The van der Waals surface area contributed by atoms with Crippen molar-refractivity contribution in [3.05, 3.63) is 102 Å². The van der Waals surface area contributed by atoms with Gasteiger partial charge in [0, 0.05) is 102 Å². The molecule has 58 heavy (non-hydrogen) atoms. The van der Waals surface area contributed by atoms with Crippen molar-refractivity contribution in [3.8, 4) is 0 Å². The highest BCUT2D eigenvalue weighted by atomic mass is 35.5. The first-order valence-corrected chi connectivity index (χ1v) is 19.0. The lowest BCUT2D eigenvalue weighted by Crippen LogP contribution is -2.38. The predicted octanol–water partition coefficient (Wildman–Crippen LogP) is 3.55. The summed E-state index contributed by atoms with van der Waals surface area (Å²) in [7, 11) is 6.65. The van der Waals surface area contributed by atoms with Crippen LogP contribution in [0.3, 0.4) is 0 Å². The van der Waals surface area contributed by atoms with Crippen molar-refractivity contribution in [2.45, 2.75) is 0 Å². The van der Waals surface area contributed by atoms with E-state index in [-0.39, 0.29) is 47.9 Å². The normalized spacial score (nSPS) is 10.8. The minimum Gasteiger partial charge on any atom is -0.370 e. The van der Waals surface area contributed by atoms with Crippen molar-refractivity contribution in [2.75, 3.05) is 64.1 Å². The van der Waals surface area contributed by atoms with Gasteiger partial charge in [0.15, 0.2) is 5.96 Å². The van der Waals surface area contributed by atoms with Crippen molar-refractivity contribution in [3.63, 3.8) is 0 Å². The van der Waals surface area contributed by atoms with Crippen molar-refractivity contribution >= 4 is 87.1 Å². The van der Waals surface area contributed by atoms with Gasteiger partial charge in [0.2, 0.25) is 0 Å². The van der Waals surface area contributed by atoms with Gasteiger partial charge in [-0.1, -0.05) is 0 Å². The highest BCUT2D eigenvalue weighted by molar-refractivity contribution is 6.18. The summed E-state index contributed by atoms with van der Waals surface area (Å²) in [6.45, 7) is 1.77. The summed E-state index contributed by atoms with van der Waals surface area (Å²) in [6.07, 6.45) is 6.39. The fourth-order valence-corrected chi connectivity index (χ4v) is 6.49. The number of halogens is 2. The van der Waals surface area contributed by atoms with Gasteiger partial charge in [-0.3, -0.25) is 29.4 Å². The van der Waals surface area contributed by atoms with Gasteiger partial charge in [0.25, 0.3) is 29.5 Å². The fourth-order valence-electron chi connectivity index (χ4n) is 6.08. The van der Waals surface area contributed by atoms with E-state index in [4.69, 9.17) is 34.3 Å². The average molecular weight is 835 g/mol. The fraction of sp³-hybridized carbons (Fsp3) is 0.263. The topological polar surface area (TPSA) is 230 Å². The highest BCUT2D eigenvalue weighted by Gasteiger charge is 2.20. The van der Waals surface area contributed by atoms with Crippen LogP contribution in [0.2, 0.25) is 0 Å². The maximum absolute atomic E-state index is 13.3. The van der Waals surface area contributed by atoms with Gasteiger partial charge in [0.1, 0.15) is 22.8 Å². The number of rotatable bonds is 17. The van der Waals surface area contributed by atoms with E-state index in [0.29, 0.717) is 58.9 Å². The first-order chi connectivity index (χ1) is 27.7. The number of guanidine groups is 1. The van der Waals surface area contributed by atoms with Gasteiger partial charge in [-0.05, 0) is 48.5 Å². The summed E-state index contributed by atoms with van der Waals surface area (Å²) in [5, 5.41) is 23.7. The third-order valence-corrected chi connectivity index (χ3v) is 9.25. The molecular formula is C38H45Cl2N13O5. The van der Waals surface area contributed by atoms with E-state index in [0.717, 1.165) is 5.69 Å². The number of alkyl halides is 2. The van der Waals surface area contributed by atoms with Crippen LogP contribution in [-0.4, -0.2) is 91.7 Å². The maximum Gasteiger partial charge on any atom is 0.272 e. The Morgan fingerprint density at radius 2 is 0.914 bits per heavy atom.